The fourth-order valence-corrected chi connectivity index (χ4v) is 2.89. The zero-order chi connectivity index (χ0) is 14.4. The van der Waals surface area contributed by atoms with Crippen molar-refractivity contribution in [3.63, 3.8) is 0 Å². The highest BCUT2D eigenvalue weighted by Crippen LogP contribution is 2.33. The van der Waals surface area contributed by atoms with Gasteiger partial charge in [0.05, 0.1) is 5.41 Å². The van der Waals surface area contributed by atoms with Crippen LogP contribution in [0.1, 0.15) is 31.7 Å². The van der Waals surface area contributed by atoms with Crippen molar-refractivity contribution in [3.05, 3.63) is 35.9 Å². The molecule has 1 aromatic carbocycles. The smallest absolute Gasteiger partial charge is 0.230 e. The van der Waals surface area contributed by atoms with Crippen LogP contribution in [0.3, 0.4) is 0 Å². The lowest BCUT2D eigenvalue weighted by Gasteiger charge is -2.37. The van der Waals surface area contributed by atoms with E-state index in [4.69, 9.17) is 5.11 Å². The molecular weight excluding hydrogens is 252 g/mol. The number of carbonyl (C=O) groups excluding carboxylic acids is 1. The Morgan fingerprint density at radius 3 is 2.60 bits per heavy atom. The maximum atomic E-state index is 12.8. The Bertz CT molecular complexity index is 427. The van der Waals surface area contributed by atoms with Crippen LogP contribution in [0, 0.1) is 0 Å². The van der Waals surface area contributed by atoms with Crippen molar-refractivity contribution in [1.82, 2.24) is 10.6 Å². The molecule has 1 saturated heterocycles. The van der Waals surface area contributed by atoms with Gasteiger partial charge in [-0.25, -0.2) is 0 Å². The van der Waals surface area contributed by atoms with Crippen LogP contribution in [0.25, 0.3) is 0 Å². The van der Waals surface area contributed by atoms with Crippen molar-refractivity contribution < 1.29 is 9.90 Å². The number of rotatable bonds is 5. The quantitative estimate of drug-likeness (QED) is 0.757. The van der Waals surface area contributed by atoms with Crippen LogP contribution in [-0.4, -0.2) is 36.8 Å². The van der Waals surface area contributed by atoms with Crippen LogP contribution < -0.4 is 10.6 Å². The van der Waals surface area contributed by atoms with Gasteiger partial charge in [0.25, 0.3) is 0 Å². The van der Waals surface area contributed by atoms with Gasteiger partial charge in [-0.05, 0) is 44.8 Å². The number of nitrogens with one attached hydrogen (secondary N) is 2. The number of benzene rings is 1. The zero-order valence-corrected chi connectivity index (χ0v) is 12.1. The van der Waals surface area contributed by atoms with Gasteiger partial charge in [-0.2, -0.15) is 0 Å². The maximum Gasteiger partial charge on any atom is 0.230 e. The van der Waals surface area contributed by atoms with Crippen LogP contribution in [0.4, 0.5) is 0 Å². The number of hydrogen-bond acceptors (Lipinski definition) is 3. The molecule has 3 N–H and O–H groups in total. The first-order valence-corrected chi connectivity index (χ1v) is 7.37. The fourth-order valence-electron chi connectivity index (χ4n) is 2.89. The molecule has 20 heavy (non-hydrogen) atoms. The van der Waals surface area contributed by atoms with E-state index in [1.165, 1.54) is 0 Å². The lowest BCUT2D eigenvalue weighted by Crippen LogP contribution is -2.52. The van der Waals surface area contributed by atoms with E-state index in [1.807, 2.05) is 37.3 Å². The minimum absolute atomic E-state index is 0.00275. The summed E-state index contributed by atoms with van der Waals surface area (Å²) in [5.74, 6) is 0.0890. The van der Waals surface area contributed by atoms with Gasteiger partial charge in [0, 0.05) is 12.6 Å². The van der Waals surface area contributed by atoms with E-state index < -0.39 is 5.41 Å². The molecule has 1 aromatic rings. The lowest BCUT2D eigenvalue weighted by atomic mass is 9.72. The molecule has 0 spiro atoms. The molecule has 4 heteroatoms. The Labute approximate surface area is 120 Å². The molecular formula is C16H24N2O2. The van der Waals surface area contributed by atoms with Crippen molar-refractivity contribution in [2.24, 2.45) is 0 Å². The van der Waals surface area contributed by atoms with E-state index in [2.05, 4.69) is 10.6 Å². The number of carbonyl (C=O) groups is 1. The normalized spacial score (nSPS) is 19.3. The SMILES string of the molecule is CC(CCO)NC(=O)C1(c2ccccc2)CCNCC1. The molecule has 110 valence electrons. The summed E-state index contributed by atoms with van der Waals surface area (Å²) >= 11 is 0. The fraction of sp³-hybridized carbons (Fsp3) is 0.562. The van der Waals surface area contributed by atoms with Crippen molar-refractivity contribution in [3.8, 4) is 0 Å². The Morgan fingerprint density at radius 2 is 2.00 bits per heavy atom. The van der Waals surface area contributed by atoms with Gasteiger partial charge < -0.3 is 15.7 Å². The van der Waals surface area contributed by atoms with Gasteiger partial charge in [-0.3, -0.25) is 4.79 Å². The third kappa shape index (κ3) is 3.19. The van der Waals surface area contributed by atoms with Crippen molar-refractivity contribution in [2.45, 2.75) is 37.6 Å². The molecule has 0 aromatic heterocycles. The number of piperidine rings is 1. The van der Waals surface area contributed by atoms with Crippen LogP contribution in [-0.2, 0) is 10.2 Å². The minimum atomic E-state index is -0.434. The summed E-state index contributed by atoms with van der Waals surface area (Å²) in [6.07, 6.45) is 2.22. The van der Waals surface area contributed by atoms with Gasteiger partial charge >= 0.3 is 0 Å². The van der Waals surface area contributed by atoms with Crippen LogP contribution in [0.2, 0.25) is 0 Å². The molecule has 1 aliphatic heterocycles. The molecule has 0 bridgehead atoms. The van der Waals surface area contributed by atoms with Gasteiger partial charge in [0.15, 0.2) is 0 Å². The molecule has 1 amide bonds. The highest BCUT2D eigenvalue weighted by molar-refractivity contribution is 5.88. The first-order valence-electron chi connectivity index (χ1n) is 7.37. The van der Waals surface area contributed by atoms with Gasteiger partial charge in [-0.1, -0.05) is 30.3 Å². The third-order valence-corrected chi connectivity index (χ3v) is 4.16. The summed E-state index contributed by atoms with van der Waals surface area (Å²) in [4.78, 5) is 12.8. The number of aliphatic hydroxyl groups is 1. The Balaban J connectivity index is 2.21. The second-order valence-corrected chi connectivity index (χ2v) is 5.58. The highest BCUT2D eigenvalue weighted by Gasteiger charge is 2.41. The summed E-state index contributed by atoms with van der Waals surface area (Å²) < 4.78 is 0. The summed E-state index contributed by atoms with van der Waals surface area (Å²) in [5.41, 5.74) is 0.658. The molecule has 0 saturated carbocycles. The second-order valence-electron chi connectivity index (χ2n) is 5.58. The average Bonchev–Trinajstić information content (AvgIpc) is 2.49. The number of amides is 1. The summed E-state index contributed by atoms with van der Waals surface area (Å²) in [6, 6.07) is 10.0. The number of hydrogen-bond donors (Lipinski definition) is 3. The van der Waals surface area contributed by atoms with Crippen molar-refractivity contribution in [1.29, 1.82) is 0 Å². The Hall–Kier alpha value is -1.39. The zero-order valence-electron chi connectivity index (χ0n) is 12.1. The maximum absolute atomic E-state index is 12.8. The van der Waals surface area contributed by atoms with E-state index in [9.17, 15) is 4.79 Å². The third-order valence-electron chi connectivity index (χ3n) is 4.16. The molecule has 0 aliphatic carbocycles. The van der Waals surface area contributed by atoms with Crippen molar-refractivity contribution in [2.75, 3.05) is 19.7 Å². The summed E-state index contributed by atoms with van der Waals surface area (Å²) in [7, 11) is 0. The van der Waals surface area contributed by atoms with Crippen molar-refractivity contribution >= 4 is 5.91 Å². The van der Waals surface area contributed by atoms with Gasteiger partial charge in [0.1, 0.15) is 0 Å². The standard InChI is InChI=1S/C16H24N2O2/c1-13(7-12-19)18-15(20)16(8-10-17-11-9-16)14-5-3-2-4-6-14/h2-6,13,17,19H,7-12H2,1H3,(H,18,20). The first-order chi connectivity index (χ1) is 9.69. The highest BCUT2D eigenvalue weighted by atomic mass is 16.3. The topological polar surface area (TPSA) is 61.4 Å². The molecule has 1 aliphatic rings. The van der Waals surface area contributed by atoms with Gasteiger partial charge in [-0.15, -0.1) is 0 Å². The molecule has 4 nitrogen and oxygen atoms in total. The predicted octanol–water partition coefficient (Wildman–Crippen LogP) is 1.19. The Morgan fingerprint density at radius 1 is 1.35 bits per heavy atom. The first kappa shape index (κ1) is 15.0. The molecule has 2 rings (SSSR count). The monoisotopic (exact) mass is 276 g/mol. The van der Waals surface area contributed by atoms with E-state index in [-0.39, 0.29) is 18.6 Å². The van der Waals surface area contributed by atoms with E-state index in [0.717, 1.165) is 31.5 Å². The largest absolute Gasteiger partial charge is 0.396 e. The molecule has 1 heterocycles. The average molecular weight is 276 g/mol. The van der Waals surface area contributed by atoms with E-state index >= 15 is 0 Å². The molecule has 0 radical (unpaired) electrons. The van der Waals surface area contributed by atoms with E-state index in [0.29, 0.717) is 6.42 Å². The van der Waals surface area contributed by atoms with Gasteiger partial charge in [0.2, 0.25) is 5.91 Å². The lowest BCUT2D eigenvalue weighted by molar-refractivity contribution is -0.128. The molecule has 1 atom stereocenters. The molecule has 1 unspecified atom stereocenters. The number of aliphatic hydroxyl groups excluding tert-OH is 1. The minimum Gasteiger partial charge on any atom is -0.396 e. The summed E-state index contributed by atoms with van der Waals surface area (Å²) in [6.45, 7) is 3.75. The van der Waals surface area contributed by atoms with E-state index in [1.54, 1.807) is 0 Å². The van der Waals surface area contributed by atoms with Crippen LogP contribution in [0.5, 0.6) is 0 Å². The predicted molar refractivity (Wildman–Crippen MR) is 79.5 cm³/mol. The second kappa shape index (κ2) is 6.86. The van der Waals surface area contributed by atoms with Crippen LogP contribution in [0.15, 0.2) is 30.3 Å². The summed E-state index contributed by atoms with van der Waals surface area (Å²) in [5, 5.41) is 15.4. The Kier molecular flexibility index (Phi) is 5.15. The van der Waals surface area contributed by atoms with Crippen LogP contribution >= 0.6 is 0 Å². The molecule has 1 fully saturated rings.